The average molecular weight is 303 g/mol. The van der Waals surface area contributed by atoms with Gasteiger partial charge in [0.05, 0.1) is 5.27 Å². The summed E-state index contributed by atoms with van der Waals surface area (Å²) in [7, 11) is 0. The maximum absolute atomic E-state index is 12.2. The maximum Gasteiger partial charge on any atom is 0.370 e. The number of benzene rings is 1. The smallest absolute Gasteiger partial charge is 0.370 e. The largest absolute Gasteiger partial charge is 0.539 e. The van der Waals surface area contributed by atoms with E-state index >= 15 is 0 Å². The lowest BCUT2D eigenvalue weighted by atomic mass is 10.2. The van der Waals surface area contributed by atoms with Crippen LogP contribution in [0.1, 0.15) is 23.2 Å². The van der Waals surface area contributed by atoms with Crippen LogP contribution in [0.3, 0.4) is 0 Å². The first-order valence-electron chi connectivity index (χ1n) is 6.29. The number of carbonyl (C=O) groups excluding carboxylic acids is 3. The minimum Gasteiger partial charge on any atom is -0.539 e. The summed E-state index contributed by atoms with van der Waals surface area (Å²) in [5.74, 6) is -2.76. The molecule has 0 aliphatic carbocycles. The maximum atomic E-state index is 12.2. The Morgan fingerprint density at radius 1 is 1.27 bits per heavy atom. The van der Waals surface area contributed by atoms with Crippen molar-refractivity contribution in [2.45, 2.75) is 12.8 Å². The number of imide groups is 1. The summed E-state index contributed by atoms with van der Waals surface area (Å²) >= 11 is 0. The van der Waals surface area contributed by atoms with Crippen LogP contribution in [0.4, 0.5) is 0 Å². The summed E-state index contributed by atoms with van der Waals surface area (Å²) in [5.41, 5.74) is 0.241. The van der Waals surface area contributed by atoms with E-state index in [0.717, 1.165) is 10.9 Å². The topological polar surface area (TPSA) is 117 Å². The molecular weight excluding hydrogens is 294 g/mol. The third-order valence-corrected chi connectivity index (χ3v) is 3.00. The minimum atomic E-state index is -0.915. The van der Waals surface area contributed by atoms with Gasteiger partial charge in [0.1, 0.15) is 11.5 Å². The Morgan fingerprint density at radius 3 is 2.59 bits per heavy atom. The fourth-order valence-electron chi connectivity index (χ4n) is 1.98. The Hall–Kier alpha value is -3.23. The molecular formula is C13H9N3O6. The van der Waals surface area contributed by atoms with Crippen molar-refractivity contribution in [2.24, 2.45) is 0 Å². The molecule has 1 aromatic carbocycles. The van der Waals surface area contributed by atoms with Crippen molar-refractivity contribution in [2.75, 3.05) is 0 Å². The van der Waals surface area contributed by atoms with E-state index < -0.39 is 23.7 Å². The van der Waals surface area contributed by atoms with Crippen molar-refractivity contribution in [3.05, 3.63) is 36.0 Å². The van der Waals surface area contributed by atoms with Gasteiger partial charge < -0.3 is 14.5 Å². The number of hydrogen-bond acceptors (Lipinski definition) is 7. The predicted molar refractivity (Wildman–Crippen MR) is 64.0 cm³/mol. The molecule has 0 N–H and O–H groups in total. The van der Waals surface area contributed by atoms with Gasteiger partial charge in [-0.25, -0.2) is 4.79 Å². The number of rotatable bonds is 3. The first kappa shape index (κ1) is 13.7. The molecule has 22 heavy (non-hydrogen) atoms. The molecule has 2 aromatic rings. The van der Waals surface area contributed by atoms with E-state index in [1.165, 1.54) is 12.1 Å². The molecule has 0 bridgehead atoms. The van der Waals surface area contributed by atoms with Gasteiger partial charge in [-0.1, -0.05) is 12.1 Å². The van der Waals surface area contributed by atoms with E-state index in [2.05, 4.69) is 9.79 Å². The van der Waals surface area contributed by atoms with Crippen LogP contribution >= 0.6 is 0 Å². The normalized spacial score (nSPS) is 14.5. The lowest BCUT2D eigenvalue weighted by Gasteiger charge is -2.12. The Bertz CT molecular complexity index is 753. The number of amides is 2. The Kier molecular flexibility index (Phi) is 3.30. The van der Waals surface area contributed by atoms with Crippen molar-refractivity contribution in [1.82, 2.24) is 10.3 Å². The molecule has 0 saturated carbocycles. The van der Waals surface area contributed by atoms with E-state index in [1.54, 1.807) is 12.1 Å². The molecule has 1 aliphatic heterocycles. The summed E-state index contributed by atoms with van der Waals surface area (Å²) in [6.45, 7) is 0. The van der Waals surface area contributed by atoms with E-state index in [9.17, 15) is 19.5 Å². The second kappa shape index (κ2) is 5.28. The first-order chi connectivity index (χ1) is 10.6. The van der Waals surface area contributed by atoms with Gasteiger partial charge in [0, 0.05) is 18.9 Å². The number of para-hydroxylation sites is 1. The van der Waals surface area contributed by atoms with Crippen LogP contribution in [0, 0.1) is 0 Å². The zero-order chi connectivity index (χ0) is 15.7. The highest BCUT2D eigenvalue weighted by atomic mass is 16.7. The lowest BCUT2D eigenvalue weighted by molar-refractivity contribution is -0.670. The number of nitrogens with zero attached hydrogens (tertiary/aromatic N) is 3. The van der Waals surface area contributed by atoms with Crippen molar-refractivity contribution in [1.29, 1.82) is 0 Å². The minimum absolute atomic E-state index is 0.00530. The second-order valence-corrected chi connectivity index (χ2v) is 4.44. The fourth-order valence-corrected chi connectivity index (χ4v) is 1.98. The standard InChI is InChI=1S/C13H9N3O6/c17-10-5-6-11(18)16(10)22-13(20)8-3-1-2-4-9(8)15-7-12(19)21-14-15/h1-4,7H,5-6H2. The molecule has 2 amide bonds. The molecule has 0 unspecified atom stereocenters. The van der Waals surface area contributed by atoms with Crippen molar-refractivity contribution < 1.29 is 33.5 Å². The summed E-state index contributed by atoms with van der Waals surface area (Å²) in [4.78, 5) is 39.9. The van der Waals surface area contributed by atoms with Crippen LogP contribution in [0.25, 0.3) is 5.69 Å². The van der Waals surface area contributed by atoms with Crippen molar-refractivity contribution in [3.8, 4) is 11.6 Å². The monoisotopic (exact) mass is 303 g/mol. The Balaban J connectivity index is 1.90. The molecule has 0 spiro atoms. The molecule has 1 saturated heterocycles. The van der Waals surface area contributed by atoms with Crippen molar-refractivity contribution >= 4 is 17.8 Å². The van der Waals surface area contributed by atoms with Gasteiger partial charge in [0.2, 0.25) is 6.20 Å². The van der Waals surface area contributed by atoms with Crippen LogP contribution in [0.2, 0.25) is 0 Å². The van der Waals surface area contributed by atoms with E-state index in [1.807, 2.05) is 0 Å². The Morgan fingerprint density at radius 2 is 1.95 bits per heavy atom. The van der Waals surface area contributed by atoms with Gasteiger partial charge in [0.15, 0.2) is 0 Å². The molecule has 1 fully saturated rings. The van der Waals surface area contributed by atoms with Gasteiger partial charge in [-0.3, -0.25) is 9.59 Å². The van der Waals surface area contributed by atoms with Crippen LogP contribution in [-0.2, 0) is 14.4 Å². The lowest BCUT2D eigenvalue weighted by Crippen LogP contribution is -2.36. The highest BCUT2D eigenvalue weighted by Crippen LogP contribution is 2.16. The summed E-state index contributed by atoms with van der Waals surface area (Å²) in [5, 5.41) is 15.0. The molecule has 1 aliphatic rings. The van der Waals surface area contributed by atoms with Gasteiger partial charge in [0.25, 0.3) is 17.5 Å². The average Bonchev–Trinajstić information content (AvgIpc) is 3.08. The van der Waals surface area contributed by atoms with Crippen LogP contribution in [0.5, 0.6) is 5.95 Å². The molecule has 112 valence electrons. The molecule has 0 atom stereocenters. The van der Waals surface area contributed by atoms with Gasteiger partial charge >= 0.3 is 5.97 Å². The molecule has 9 nitrogen and oxygen atoms in total. The third-order valence-electron chi connectivity index (χ3n) is 3.00. The van der Waals surface area contributed by atoms with Gasteiger partial charge in [-0.15, -0.1) is 5.06 Å². The third kappa shape index (κ3) is 2.39. The molecule has 3 rings (SSSR count). The number of hydroxylamine groups is 2. The predicted octanol–water partition coefficient (Wildman–Crippen LogP) is -0.754. The number of hydrogen-bond donors (Lipinski definition) is 0. The van der Waals surface area contributed by atoms with Crippen LogP contribution in [-0.4, -0.2) is 28.1 Å². The summed E-state index contributed by atoms with van der Waals surface area (Å²) in [6.07, 6.45) is 1.05. The molecule has 2 heterocycles. The molecule has 1 aromatic heterocycles. The van der Waals surface area contributed by atoms with Gasteiger partial charge in [-0.05, 0) is 10.7 Å². The van der Waals surface area contributed by atoms with Gasteiger partial charge in [-0.2, -0.15) is 0 Å². The number of aromatic nitrogens is 2. The molecule has 9 heteroatoms. The fraction of sp³-hybridized carbons (Fsp3) is 0.154. The zero-order valence-electron chi connectivity index (χ0n) is 11.1. The van der Waals surface area contributed by atoms with E-state index in [-0.39, 0.29) is 24.1 Å². The summed E-state index contributed by atoms with van der Waals surface area (Å²) in [6, 6.07) is 6.10. The zero-order valence-corrected chi connectivity index (χ0v) is 11.1. The Labute approximate surface area is 123 Å². The summed E-state index contributed by atoms with van der Waals surface area (Å²) < 4.78 is 5.47. The highest BCUT2D eigenvalue weighted by Gasteiger charge is 2.34. The van der Waals surface area contributed by atoms with E-state index in [4.69, 9.17) is 4.84 Å². The number of carbonyl (C=O) groups is 3. The second-order valence-electron chi connectivity index (χ2n) is 4.44. The van der Waals surface area contributed by atoms with E-state index in [0.29, 0.717) is 5.06 Å². The molecule has 0 radical (unpaired) electrons. The first-order valence-corrected chi connectivity index (χ1v) is 6.29. The van der Waals surface area contributed by atoms with Crippen LogP contribution < -0.4 is 9.79 Å². The van der Waals surface area contributed by atoms with Crippen molar-refractivity contribution in [3.63, 3.8) is 0 Å². The highest BCUT2D eigenvalue weighted by molar-refractivity contribution is 6.03. The SMILES string of the molecule is O=C(ON1C(=O)CCC1=O)c1ccccc1-[n+]1cc([O-])on1. The van der Waals surface area contributed by atoms with Crippen LogP contribution in [0.15, 0.2) is 35.0 Å². The quantitative estimate of drug-likeness (QED) is 0.540.